The van der Waals surface area contributed by atoms with Crippen molar-refractivity contribution in [2.75, 3.05) is 13.2 Å². The van der Waals surface area contributed by atoms with Crippen molar-refractivity contribution < 1.29 is 28.6 Å². The number of carbonyl (C=O) groups is 3. The maximum Gasteiger partial charge on any atom is 0.306 e. The van der Waals surface area contributed by atoms with Gasteiger partial charge in [0.25, 0.3) is 0 Å². The largest absolute Gasteiger partial charge is 0.462 e. The first-order valence-corrected chi connectivity index (χ1v) is 33.5. The minimum atomic E-state index is -0.786. The smallest absolute Gasteiger partial charge is 0.306 e. The van der Waals surface area contributed by atoms with Gasteiger partial charge in [-0.2, -0.15) is 0 Å². The summed E-state index contributed by atoms with van der Waals surface area (Å²) in [6.45, 7) is 6.49. The van der Waals surface area contributed by atoms with Gasteiger partial charge in [-0.25, -0.2) is 0 Å². The van der Waals surface area contributed by atoms with Crippen LogP contribution in [0.2, 0.25) is 0 Å². The van der Waals surface area contributed by atoms with E-state index in [1.807, 2.05) is 0 Å². The standard InChI is InChI=1S/C74H124O6/c1-4-7-10-13-16-18-20-22-24-26-28-30-31-32-33-34-35-36-37-38-39-40-41-42-43-44-46-47-49-51-53-55-58-61-64-67-73(76)79-70-71(69-78-72(75)66-63-60-57-15-12-9-6-3)80-74(77)68-65-62-59-56-54-52-50-48-45-29-27-25-23-21-19-17-14-11-8-5-2/h7,10,16,18,22,24,28,30,32-33,35-36,38-39,41-42,44,46,49,51,71H,4-6,8-9,11-15,17,19-21,23,25-27,29,31,34,37,40,43,45,47-48,50,52-70H2,1-3H3/b10-7-,18-16-,24-22-,30-28-,33-32-,36-35-,39-38-,42-41-,46-44-,51-49-. The molecule has 0 radical (unpaired) electrons. The number of esters is 3. The summed E-state index contributed by atoms with van der Waals surface area (Å²) in [5, 5.41) is 0. The summed E-state index contributed by atoms with van der Waals surface area (Å²) in [6.07, 6.45) is 93.8. The van der Waals surface area contributed by atoms with Gasteiger partial charge in [0.05, 0.1) is 0 Å². The van der Waals surface area contributed by atoms with Crippen molar-refractivity contribution in [2.45, 2.75) is 316 Å². The molecule has 0 N–H and O–H groups in total. The van der Waals surface area contributed by atoms with Crippen molar-refractivity contribution in [1.82, 2.24) is 0 Å². The molecule has 0 fully saturated rings. The Morgan fingerprint density at radius 2 is 0.487 bits per heavy atom. The lowest BCUT2D eigenvalue weighted by Crippen LogP contribution is -2.30. The number of ether oxygens (including phenoxy) is 3. The topological polar surface area (TPSA) is 78.9 Å². The van der Waals surface area contributed by atoms with Crippen molar-refractivity contribution in [1.29, 1.82) is 0 Å². The number of hydrogen-bond donors (Lipinski definition) is 0. The van der Waals surface area contributed by atoms with Gasteiger partial charge in [0.15, 0.2) is 6.10 Å². The Hall–Kier alpha value is -4.19. The van der Waals surface area contributed by atoms with Crippen LogP contribution in [-0.4, -0.2) is 37.2 Å². The first-order chi connectivity index (χ1) is 39.5. The molecular formula is C74H124O6. The third kappa shape index (κ3) is 64.6. The van der Waals surface area contributed by atoms with E-state index in [-0.39, 0.29) is 31.1 Å². The number of hydrogen-bond acceptors (Lipinski definition) is 6. The highest BCUT2D eigenvalue weighted by Crippen LogP contribution is 2.17. The van der Waals surface area contributed by atoms with Gasteiger partial charge in [-0.3, -0.25) is 14.4 Å². The fourth-order valence-electron chi connectivity index (χ4n) is 9.24. The number of carbonyl (C=O) groups excluding carboxylic acids is 3. The van der Waals surface area contributed by atoms with Crippen molar-refractivity contribution in [2.24, 2.45) is 0 Å². The van der Waals surface area contributed by atoms with Gasteiger partial charge in [0.2, 0.25) is 0 Å². The summed E-state index contributed by atoms with van der Waals surface area (Å²) in [7, 11) is 0. The highest BCUT2D eigenvalue weighted by atomic mass is 16.6. The van der Waals surface area contributed by atoms with E-state index < -0.39 is 6.10 Å². The zero-order chi connectivity index (χ0) is 57.8. The summed E-state index contributed by atoms with van der Waals surface area (Å²) in [5.41, 5.74) is 0. The summed E-state index contributed by atoms with van der Waals surface area (Å²) in [4.78, 5) is 38.1. The second-order valence-electron chi connectivity index (χ2n) is 22.0. The monoisotopic (exact) mass is 1110 g/mol. The van der Waals surface area contributed by atoms with Crippen LogP contribution in [0.3, 0.4) is 0 Å². The van der Waals surface area contributed by atoms with Crippen LogP contribution in [0.4, 0.5) is 0 Å². The lowest BCUT2D eigenvalue weighted by atomic mass is 10.0. The molecule has 0 aliphatic rings. The molecule has 0 aliphatic carbocycles. The molecule has 0 rings (SSSR count). The van der Waals surface area contributed by atoms with Crippen molar-refractivity contribution in [3.8, 4) is 0 Å². The van der Waals surface area contributed by atoms with E-state index in [0.29, 0.717) is 19.3 Å². The Bertz CT molecular complexity index is 1650. The van der Waals surface area contributed by atoms with Gasteiger partial charge in [-0.05, 0) is 96.3 Å². The molecule has 0 bridgehead atoms. The Morgan fingerprint density at radius 1 is 0.263 bits per heavy atom. The fourth-order valence-corrected chi connectivity index (χ4v) is 9.24. The van der Waals surface area contributed by atoms with Crippen LogP contribution in [0.5, 0.6) is 0 Å². The van der Waals surface area contributed by atoms with Gasteiger partial charge in [-0.15, -0.1) is 0 Å². The molecule has 0 aromatic carbocycles. The van der Waals surface area contributed by atoms with E-state index in [9.17, 15) is 14.4 Å². The van der Waals surface area contributed by atoms with E-state index in [1.165, 1.54) is 135 Å². The lowest BCUT2D eigenvalue weighted by molar-refractivity contribution is -0.167. The predicted octanol–water partition coefficient (Wildman–Crippen LogP) is 23.2. The van der Waals surface area contributed by atoms with Gasteiger partial charge in [0, 0.05) is 19.3 Å². The molecule has 0 saturated carbocycles. The molecule has 6 nitrogen and oxygen atoms in total. The molecule has 0 heterocycles. The Labute approximate surface area is 494 Å². The molecule has 0 spiro atoms. The third-order valence-corrected chi connectivity index (χ3v) is 14.2. The quantitative estimate of drug-likeness (QED) is 0.0261. The van der Waals surface area contributed by atoms with Crippen molar-refractivity contribution in [3.63, 3.8) is 0 Å². The van der Waals surface area contributed by atoms with Gasteiger partial charge in [0.1, 0.15) is 13.2 Å². The highest BCUT2D eigenvalue weighted by Gasteiger charge is 2.19. The van der Waals surface area contributed by atoms with Crippen LogP contribution in [-0.2, 0) is 28.6 Å². The van der Waals surface area contributed by atoms with E-state index in [2.05, 4.69) is 142 Å². The van der Waals surface area contributed by atoms with Gasteiger partial charge in [-0.1, -0.05) is 316 Å². The Kier molecular flexibility index (Phi) is 63.8. The first-order valence-electron chi connectivity index (χ1n) is 33.5. The highest BCUT2D eigenvalue weighted by molar-refractivity contribution is 5.71. The molecule has 0 aliphatic heterocycles. The van der Waals surface area contributed by atoms with Gasteiger partial charge >= 0.3 is 17.9 Å². The van der Waals surface area contributed by atoms with Crippen LogP contribution in [0.1, 0.15) is 310 Å². The molecular weight excluding hydrogens is 985 g/mol. The summed E-state index contributed by atoms with van der Waals surface area (Å²) in [6, 6.07) is 0. The zero-order valence-corrected chi connectivity index (χ0v) is 52.3. The van der Waals surface area contributed by atoms with Crippen molar-refractivity contribution >= 4 is 17.9 Å². The fraction of sp³-hybridized carbons (Fsp3) is 0.689. The normalized spacial score (nSPS) is 12.9. The average molecular weight is 1110 g/mol. The molecule has 80 heavy (non-hydrogen) atoms. The van der Waals surface area contributed by atoms with Crippen molar-refractivity contribution in [3.05, 3.63) is 122 Å². The molecule has 6 heteroatoms. The average Bonchev–Trinajstić information content (AvgIpc) is 3.46. The molecule has 0 aromatic heterocycles. The summed E-state index contributed by atoms with van der Waals surface area (Å²) < 4.78 is 16.8. The molecule has 1 unspecified atom stereocenters. The summed E-state index contributed by atoms with van der Waals surface area (Å²) >= 11 is 0. The van der Waals surface area contributed by atoms with Crippen LogP contribution in [0.25, 0.3) is 0 Å². The van der Waals surface area contributed by atoms with Gasteiger partial charge < -0.3 is 14.2 Å². The molecule has 0 aromatic rings. The maximum absolute atomic E-state index is 12.9. The molecule has 0 saturated heterocycles. The maximum atomic E-state index is 12.9. The van der Waals surface area contributed by atoms with Crippen LogP contribution < -0.4 is 0 Å². The molecule has 456 valence electrons. The second kappa shape index (κ2) is 67.3. The number of rotatable bonds is 60. The number of unbranched alkanes of at least 4 members (excludes halogenated alkanes) is 29. The lowest BCUT2D eigenvalue weighted by Gasteiger charge is -2.18. The van der Waals surface area contributed by atoms with Crippen LogP contribution in [0, 0.1) is 0 Å². The summed E-state index contributed by atoms with van der Waals surface area (Å²) in [5.74, 6) is -0.908. The predicted molar refractivity (Wildman–Crippen MR) is 348 cm³/mol. The molecule has 1 atom stereocenters. The minimum absolute atomic E-state index is 0.0842. The van der Waals surface area contributed by atoms with E-state index in [0.717, 1.165) is 135 Å². The van der Waals surface area contributed by atoms with E-state index in [1.54, 1.807) is 0 Å². The van der Waals surface area contributed by atoms with E-state index >= 15 is 0 Å². The SMILES string of the molecule is CC/C=C\C/C=C\C/C=C\C/C=C\C/C=C\C/C=C\C/C=C\C/C=C\C/C=C\C/C=C\CCCCCCC(=O)OCC(COC(=O)CCCCCCCCC)OC(=O)CCCCCCCCCCCCCCCCCCCCCC. The molecule has 0 amide bonds. The van der Waals surface area contributed by atoms with E-state index in [4.69, 9.17) is 14.2 Å². The number of allylic oxidation sites excluding steroid dienone is 20. The minimum Gasteiger partial charge on any atom is -0.462 e. The van der Waals surface area contributed by atoms with Crippen LogP contribution >= 0.6 is 0 Å². The first kappa shape index (κ1) is 75.8. The second-order valence-corrected chi connectivity index (χ2v) is 22.0. The third-order valence-electron chi connectivity index (χ3n) is 14.2. The van der Waals surface area contributed by atoms with Crippen LogP contribution in [0.15, 0.2) is 122 Å². The zero-order valence-electron chi connectivity index (χ0n) is 52.3. The Morgan fingerprint density at radius 3 is 0.762 bits per heavy atom. The Balaban J connectivity index is 4.18.